The zero-order valence-electron chi connectivity index (χ0n) is 14.8. The van der Waals surface area contributed by atoms with Crippen LogP contribution in [0.4, 0.5) is 11.8 Å². The number of unbranched alkanes of at least 4 members (excludes halogenated alkanes) is 1. The van der Waals surface area contributed by atoms with Crippen LogP contribution < -0.4 is 10.6 Å². The van der Waals surface area contributed by atoms with Crippen molar-refractivity contribution in [2.24, 2.45) is 0 Å². The van der Waals surface area contributed by atoms with Crippen molar-refractivity contribution in [3.8, 4) is 11.3 Å². The van der Waals surface area contributed by atoms with Crippen LogP contribution in [0.15, 0.2) is 24.5 Å². The summed E-state index contributed by atoms with van der Waals surface area (Å²) >= 11 is 6.14. The van der Waals surface area contributed by atoms with Gasteiger partial charge >= 0.3 is 0 Å². The SMILES string of the molecule is CCCCNc1ncc(-c2cc(Cl)ccn2)c(NC2CCCCC2)n1. The predicted octanol–water partition coefficient (Wildman–Crippen LogP) is 5.15. The van der Waals surface area contributed by atoms with E-state index >= 15 is 0 Å². The Balaban J connectivity index is 1.86. The van der Waals surface area contributed by atoms with Gasteiger partial charge in [0.15, 0.2) is 0 Å². The molecule has 0 bridgehead atoms. The highest BCUT2D eigenvalue weighted by Gasteiger charge is 2.17. The molecule has 25 heavy (non-hydrogen) atoms. The van der Waals surface area contributed by atoms with E-state index in [1.165, 1.54) is 32.1 Å². The van der Waals surface area contributed by atoms with Gasteiger partial charge in [0, 0.05) is 30.0 Å². The highest BCUT2D eigenvalue weighted by Crippen LogP contribution is 2.29. The third-order valence-corrected chi connectivity index (χ3v) is 4.78. The van der Waals surface area contributed by atoms with Gasteiger partial charge in [0.05, 0.1) is 11.3 Å². The van der Waals surface area contributed by atoms with Gasteiger partial charge < -0.3 is 10.6 Å². The van der Waals surface area contributed by atoms with E-state index in [-0.39, 0.29) is 0 Å². The van der Waals surface area contributed by atoms with Crippen LogP contribution in [0.1, 0.15) is 51.9 Å². The molecule has 5 nitrogen and oxygen atoms in total. The number of halogens is 1. The van der Waals surface area contributed by atoms with Crippen LogP contribution in [0.5, 0.6) is 0 Å². The topological polar surface area (TPSA) is 62.7 Å². The van der Waals surface area contributed by atoms with Crippen LogP contribution in [-0.2, 0) is 0 Å². The maximum absolute atomic E-state index is 6.14. The monoisotopic (exact) mass is 359 g/mol. The third-order valence-electron chi connectivity index (χ3n) is 4.55. The average molecular weight is 360 g/mol. The lowest BCUT2D eigenvalue weighted by molar-refractivity contribution is 0.462. The Bertz CT molecular complexity index is 685. The molecule has 0 unspecified atom stereocenters. The van der Waals surface area contributed by atoms with Crippen LogP contribution in [0, 0.1) is 0 Å². The van der Waals surface area contributed by atoms with Crippen LogP contribution in [0.3, 0.4) is 0 Å². The molecule has 134 valence electrons. The normalized spacial score (nSPS) is 15.1. The molecule has 1 saturated carbocycles. The van der Waals surface area contributed by atoms with E-state index in [9.17, 15) is 0 Å². The van der Waals surface area contributed by atoms with Gasteiger partial charge in [0.25, 0.3) is 0 Å². The summed E-state index contributed by atoms with van der Waals surface area (Å²) in [6.07, 6.45) is 12.0. The lowest BCUT2D eigenvalue weighted by Crippen LogP contribution is -2.23. The summed E-state index contributed by atoms with van der Waals surface area (Å²) in [6, 6.07) is 4.10. The molecule has 2 aromatic rings. The van der Waals surface area contributed by atoms with E-state index in [4.69, 9.17) is 16.6 Å². The fraction of sp³-hybridized carbons (Fsp3) is 0.526. The van der Waals surface area contributed by atoms with E-state index in [1.54, 1.807) is 12.3 Å². The second kappa shape index (κ2) is 8.99. The zero-order valence-corrected chi connectivity index (χ0v) is 15.5. The molecule has 1 aliphatic rings. The molecule has 0 atom stereocenters. The van der Waals surface area contributed by atoms with E-state index in [1.807, 2.05) is 12.3 Å². The van der Waals surface area contributed by atoms with Crippen LogP contribution >= 0.6 is 11.6 Å². The highest BCUT2D eigenvalue weighted by molar-refractivity contribution is 6.30. The Morgan fingerprint density at radius 1 is 1.20 bits per heavy atom. The molecule has 0 spiro atoms. The molecule has 0 radical (unpaired) electrons. The van der Waals surface area contributed by atoms with Gasteiger partial charge in [-0.2, -0.15) is 4.98 Å². The average Bonchev–Trinajstić information content (AvgIpc) is 2.63. The summed E-state index contributed by atoms with van der Waals surface area (Å²) in [5.41, 5.74) is 1.69. The van der Waals surface area contributed by atoms with Crippen molar-refractivity contribution in [2.45, 2.75) is 57.9 Å². The Morgan fingerprint density at radius 2 is 2.04 bits per heavy atom. The molecule has 2 N–H and O–H groups in total. The Morgan fingerprint density at radius 3 is 2.80 bits per heavy atom. The Labute approximate surface area is 154 Å². The van der Waals surface area contributed by atoms with Crippen LogP contribution in [0.25, 0.3) is 11.3 Å². The number of hydrogen-bond donors (Lipinski definition) is 2. The van der Waals surface area contributed by atoms with E-state index in [0.29, 0.717) is 17.0 Å². The summed E-state index contributed by atoms with van der Waals surface area (Å²) in [6.45, 7) is 3.06. The van der Waals surface area contributed by atoms with Crippen molar-refractivity contribution >= 4 is 23.4 Å². The minimum Gasteiger partial charge on any atom is -0.367 e. The lowest BCUT2D eigenvalue weighted by atomic mass is 9.95. The summed E-state index contributed by atoms with van der Waals surface area (Å²) < 4.78 is 0. The predicted molar refractivity (Wildman–Crippen MR) is 104 cm³/mol. The molecule has 0 amide bonds. The molecular formula is C19H26ClN5. The molecule has 6 heteroatoms. The van der Waals surface area contributed by atoms with Gasteiger partial charge in [-0.05, 0) is 31.4 Å². The molecule has 2 aromatic heterocycles. The molecule has 0 aromatic carbocycles. The van der Waals surface area contributed by atoms with Crippen molar-refractivity contribution in [1.29, 1.82) is 0 Å². The fourth-order valence-corrected chi connectivity index (χ4v) is 3.29. The molecule has 3 rings (SSSR count). The first-order chi connectivity index (χ1) is 12.3. The number of hydrogen-bond acceptors (Lipinski definition) is 5. The maximum atomic E-state index is 6.14. The first-order valence-electron chi connectivity index (χ1n) is 9.25. The van der Waals surface area contributed by atoms with Crippen molar-refractivity contribution in [3.05, 3.63) is 29.5 Å². The Hall–Kier alpha value is -1.88. The summed E-state index contributed by atoms with van der Waals surface area (Å²) in [5.74, 6) is 1.51. The second-order valence-electron chi connectivity index (χ2n) is 6.57. The summed E-state index contributed by atoms with van der Waals surface area (Å²) in [7, 11) is 0. The number of nitrogens with zero attached hydrogens (tertiary/aromatic N) is 3. The Kier molecular flexibility index (Phi) is 6.45. The first kappa shape index (κ1) is 17.9. The third kappa shape index (κ3) is 5.05. The maximum Gasteiger partial charge on any atom is 0.224 e. The number of pyridine rings is 1. The van der Waals surface area contributed by atoms with E-state index < -0.39 is 0 Å². The van der Waals surface area contributed by atoms with Gasteiger partial charge in [-0.25, -0.2) is 4.98 Å². The van der Waals surface area contributed by atoms with Crippen LogP contribution in [-0.4, -0.2) is 27.5 Å². The van der Waals surface area contributed by atoms with Crippen LogP contribution in [0.2, 0.25) is 5.02 Å². The quantitative estimate of drug-likeness (QED) is 0.669. The number of aromatic nitrogens is 3. The van der Waals surface area contributed by atoms with Crippen molar-refractivity contribution in [2.75, 3.05) is 17.2 Å². The fourth-order valence-electron chi connectivity index (χ4n) is 3.13. The largest absolute Gasteiger partial charge is 0.367 e. The van der Waals surface area contributed by atoms with Crippen molar-refractivity contribution in [1.82, 2.24) is 15.0 Å². The smallest absolute Gasteiger partial charge is 0.224 e. The van der Waals surface area contributed by atoms with Gasteiger partial charge in [0.2, 0.25) is 5.95 Å². The number of nitrogens with one attached hydrogen (secondary N) is 2. The standard InChI is InChI=1S/C19H26ClN5/c1-2-3-10-22-19-23-13-16(17-12-14(20)9-11-21-17)18(25-19)24-15-7-5-4-6-8-15/h9,11-13,15H,2-8,10H2,1H3,(H2,22,23,24,25). The zero-order chi connectivity index (χ0) is 17.5. The van der Waals surface area contributed by atoms with E-state index in [2.05, 4.69) is 27.5 Å². The van der Waals surface area contributed by atoms with Crippen molar-refractivity contribution in [3.63, 3.8) is 0 Å². The lowest BCUT2D eigenvalue weighted by Gasteiger charge is -2.24. The minimum absolute atomic E-state index is 0.463. The summed E-state index contributed by atoms with van der Waals surface area (Å²) in [5, 5.41) is 7.59. The minimum atomic E-state index is 0.463. The molecule has 1 fully saturated rings. The number of anilines is 2. The van der Waals surface area contributed by atoms with Gasteiger partial charge in [-0.1, -0.05) is 44.2 Å². The molecule has 0 aliphatic heterocycles. The molecule has 0 saturated heterocycles. The first-order valence-corrected chi connectivity index (χ1v) is 9.63. The molecular weight excluding hydrogens is 334 g/mol. The number of rotatable bonds is 7. The van der Waals surface area contributed by atoms with Crippen molar-refractivity contribution < 1.29 is 0 Å². The van der Waals surface area contributed by atoms with Gasteiger partial charge in [-0.3, -0.25) is 4.98 Å². The second-order valence-corrected chi connectivity index (χ2v) is 7.01. The molecule has 1 aliphatic carbocycles. The van der Waals surface area contributed by atoms with Gasteiger partial charge in [0.1, 0.15) is 5.82 Å². The summed E-state index contributed by atoms with van der Waals surface area (Å²) in [4.78, 5) is 13.6. The molecule has 2 heterocycles. The highest BCUT2D eigenvalue weighted by atomic mass is 35.5. The van der Waals surface area contributed by atoms with Gasteiger partial charge in [-0.15, -0.1) is 0 Å². The van der Waals surface area contributed by atoms with E-state index in [0.717, 1.165) is 36.5 Å².